The van der Waals surface area contributed by atoms with Gasteiger partial charge in [0.25, 0.3) is 0 Å². The summed E-state index contributed by atoms with van der Waals surface area (Å²) in [7, 11) is 1.83. The van der Waals surface area contributed by atoms with Gasteiger partial charge in [0.05, 0.1) is 6.54 Å². The van der Waals surface area contributed by atoms with E-state index in [2.05, 4.69) is 62.9 Å². The normalized spacial score (nSPS) is 21.5. The molecule has 6 heteroatoms. The third kappa shape index (κ3) is 5.33. The lowest BCUT2D eigenvalue weighted by Crippen LogP contribution is -2.51. The molecule has 1 aliphatic heterocycles. The van der Waals surface area contributed by atoms with Crippen molar-refractivity contribution in [3.63, 3.8) is 0 Å². The molecule has 0 saturated carbocycles. The second-order valence-electron chi connectivity index (χ2n) is 6.94. The highest BCUT2D eigenvalue weighted by Gasteiger charge is 2.25. The Balaban J connectivity index is 1.42. The largest absolute Gasteiger partial charge is 0.355 e. The minimum absolute atomic E-state index is 0.466. The van der Waals surface area contributed by atoms with Crippen LogP contribution in [0.25, 0.3) is 0 Å². The number of nitrogens with one attached hydrogen (secondary N) is 2. The molecule has 3 rings (SSSR count). The average molecular weight is 355 g/mol. The van der Waals surface area contributed by atoms with E-state index in [1.54, 1.807) is 6.20 Å². The third-order valence-corrected chi connectivity index (χ3v) is 5.00. The van der Waals surface area contributed by atoms with E-state index in [1.807, 2.05) is 24.0 Å². The SMILES string of the molecule is CN=C(NCCn1cccn1)NC1CCN(Cc2ccccc2)C(C)C1. The van der Waals surface area contributed by atoms with E-state index in [0.29, 0.717) is 12.1 Å². The molecule has 0 bridgehead atoms. The summed E-state index contributed by atoms with van der Waals surface area (Å²) in [6.07, 6.45) is 6.05. The Hall–Kier alpha value is -2.34. The van der Waals surface area contributed by atoms with Gasteiger partial charge in [0.2, 0.25) is 0 Å². The molecule has 1 aliphatic rings. The van der Waals surface area contributed by atoms with E-state index in [4.69, 9.17) is 0 Å². The zero-order valence-electron chi connectivity index (χ0n) is 15.8. The van der Waals surface area contributed by atoms with Crippen molar-refractivity contribution in [2.75, 3.05) is 20.1 Å². The molecule has 0 spiro atoms. The number of nitrogens with zero attached hydrogens (tertiary/aromatic N) is 4. The van der Waals surface area contributed by atoms with Crippen LogP contribution in [0.5, 0.6) is 0 Å². The monoisotopic (exact) mass is 354 g/mol. The van der Waals surface area contributed by atoms with Crippen molar-refractivity contribution in [1.82, 2.24) is 25.3 Å². The van der Waals surface area contributed by atoms with E-state index < -0.39 is 0 Å². The van der Waals surface area contributed by atoms with Crippen LogP contribution < -0.4 is 10.6 Å². The zero-order chi connectivity index (χ0) is 18.2. The Morgan fingerprint density at radius 2 is 2.12 bits per heavy atom. The Bertz CT molecular complexity index is 667. The van der Waals surface area contributed by atoms with Crippen LogP contribution in [0.3, 0.4) is 0 Å². The number of aromatic nitrogens is 2. The Labute approximate surface area is 156 Å². The lowest BCUT2D eigenvalue weighted by Gasteiger charge is -2.38. The molecule has 6 nitrogen and oxygen atoms in total. The molecule has 1 aromatic heterocycles. The molecule has 2 heterocycles. The molecule has 1 saturated heterocycles. The third-order valence-electron chi connectivity index (χ3n) is 5.00. The predicted octanol–water partition coefficient (Wildman–Crippen LogP) is 2.10. The van der Waals surface area contributed by atoms with E-state index in [-0.39, 0.29) is 0 Å². The van der Waals surface area contributed by atoms with Crippen molar-refractivity contribution in [1.29, 1.82) is 0 Å². The Kier molecular flexibility index (Phi) is 6.66. The maximum absolute atomic E-state index is 4.36. The van der Waals surface area contributed by atoms with Gasteiger partial charge in [-0.05, 0) is 31.4 Å². The number of hydrogen-bond acceptors (Lipinski definition) is 3. The quantitative estimate of drug-likeness (QED) is 0.616. The van der Waals surface area contributed by atoms with Gasteiger partial charge in [0.1, 0.15) is 0 Å². The lowest BCUT2D eigenvalue weighted by molar-refractivity contribution is 0.134. The summed E-state index contributed by atoms with van der Waals surface area (Å²) in [5.41, 5.74) is 1.39. The molecule has 0 radical (unpaired) electrons. The summed E-state index contributed by atoms with van der Waals surface area (Å²) in [4.78, 5) is 6.93. The topological polar surface area (TPSA) is 57.5 Å². The van der Waals surface area contributed by atoms with Gasteiger partial charge in [0, 0.05) is 51.2 Å². The fourth-order valence-electron chi connectivity index (χ4n) is 3.51. The highest BCUT2D eigenvalue weighted by atomic mass is 15.3. The van der Waals surface area contributed by atoms with Crippen LogP contribution in [-0.2, 0) is 13.1 Å². The van der Waals surface area contributed by atoms with E-state index in [1.165, 1.54) is 5.56 Å². The average Bonchev–Trinajstić information content (AvgIpc) is 3.17. The minimum atomic E-state index is 0.466. The van der Waals surface area contributed by atoms with Crippen LogP contribution in [0.4, 0.5) is 0 Å². The molecule has 2 N–H and O–H groups in total. The second kappa shape index (κ2) is 9.38. The highest BCUT2D eigenvalue weighted by molar-refractivity contribution is 5.79. The Morgan fingerprint density at radius 1 is 1.27 bits per heavy atom. The van der Waals surface area contributed by atoms with Gasteiger partial charge in [-0.3, -0.25) is 14.6 Å². The van der Waals surface area contributed by atoms with Crippen molar-refractivity contribution in [2.45, 2.75) is 44.9 Å². The van der Waals surface area contributed by atoms with E-state index >= 15 is 0 Å². The molecular formula is C20H30N6. The van der Waals surface area contributed by atoms with Gasteiger partial charge in [-0.15, -0.1) is 0 Å². The minimum Gasteiger partial charge on any atom is -0.355 e. The predicted molar refractivity (Wildman–Crippen MR) is 106 cm³/mol. The maximum atomic E-state index is 4.36. The molecule has 26 heavy (non-hydrogen) atoms. The number of hydrogen-bond donors (Lipinski definition) is 2. The van der Waals surface area contributed by atoms with E-state index in [9.17, 15) is 0 Å². The number of guanidine groups is 1. The van der Waals surface area contributed by atoms with Crippen LogP contribution >= 0.6 is 0 Å². The number of piperidine rings is 1. The van der Waals surface area contributed by atoms with Gasteiger partial charge in [-0.2, -0.15) is 5.10 Å². The summed E-state index contributed by atoms with van der Waals surface area (Å²) >= 11 is 0. The van der Waals surface area contributed by atoms with Crippen molar-refractivity contribution in [2.24, 2.45) is 4.99 Å². The number of rotatable bonds is 6. The fraction of sp³-hybridized carbons (Fsp3) is 0.500. The maximum Gasteiger partial charge on any atom is 0.191 e. The lowest BCUT2D eigenvalue weighted by atomic mass is 9.97. The van der Waals surface area contributed by atoms with Crippen LogP contribution in [-0.4, -0.2) is 52.9 Å². The van der Waals surface area contributed by atoms with E-state index in [0.717, 1.165) is 45.0 Å². The van der Waals surface area contributed by atoms with Crippen molar-refractivity contribution in [3.8, 4) is 0 Å². The van der Waals surface area contributed by atoms with Crippen LogP contribution in [0, 0.1) is 0 Å². The molecule has 2 aromatic rings. The smallest absolute Gasteiger partial charge is 0.191 e. The first-order valence-electron chi connectivity index (χ1n) is 9.47. The molecule has 2 unspecified atom stereocenters. The fourth-order valence-corrected chi connectivity index (χ4v) is 3.51. The van der Waals surface area contributed by atoms with Gasteiger partial charge in [-0.25, -0.2) is 0 Å². The first-order chi connectivity index (χ1) is 12.7. The molecule has 140 valence electrons. The molecule has 2 atom stereocenters. The first-order valence-corrected chi connectivity index (χ1v) is 9.47. The number of likely N-dealkylation sites (tertiary alicyclic amines) is 1. The van der Waals surface area contributed by atoms with Crippen molar-refractivity contribution < 1.29 is 0 Å². The number of benzene rings is 1. The van der Waals surface area contributed by atoms with Gasteiger partial charge >= 0.3 is 0 Å². The van der Waals surface area contributed by atoms with Gasteiger partial charge in [-0.1, -0.05) is 30.3 Å². The van der Waals surface area contributed by atoms with Crippen molar-refractivity contribution in [3.05, 3.63) is 54.4 Å². The molecule has 1 aromatic carbocycles. The number of aliphatic imine (C=N–C) groups is 1. The zero-order valence-corrected chi connectivity index (χ0v) is 15.8. The van der Waals surface area contributed by atoms with Crippen LogP contribution in [0.1, 0.15) is 25.3 Å². The van der Waals surface area contributed by atoms with Crippen molar-refractivity contribution >= 4 is 5.96 Å². The summed E-state index contributed by atoms with van der Waals surface area (Å²) in [6, 6.07) is 13.7. The second-order valence-corrected chi connectivity index (χ2v) is 6.94. The molecule has 0 aliphatic carbocycles. The molecular weight excluding hydrogens is 324 g/mol. The van der Waals surface area contributed by atoms with Crippen LogP contribution in [0.2, 0.25) is 0 Å². The summed E-state index contributed by atoms with van der Waals surface area (Å²) in [5, 5.41) is 11.2. The van der Waals surface area contributed by atoms with Gasteiger partial charge in [0.15, 0.2) is 5.96 Å². The summed E-state index contributed by atoms with van der Waals surface area (Å²) < 4.78 is 1.92. The molecule has 0 amide bonds. The first kappa shape index (κ1) is 18.5. The Morgan fingerprint density at radius 3 is 2.81 bits per heavy atom. The van der Waals surface area contributed by atoms with Crippen LogP contribution in [0.15, 0.2) is 53.8 Å². The summed E-state index contributed by atoms with van der Waals surface area (Å²) in [5.74, 6) is 0.880. The standard InChI is InChI=1S/C20H30N6/c1-17-15-19(9-13-25(17)16-18-7-4-3-5-8-18)24-20(21-2)22-11-14-26-12-6-10-23-26/h3-8,10,12,17,19H,9,11,13-16H2,1-2H3,(H2,21,22,24). The highest BCUT2D eigenvalue weighted by Crippen LogP contribution is 2.19. The van der Waals surface area contributed by atoms with Gasteiger partial charge < -0.3 is 10.6 Å². The summed E-state index contributed by atoms with van der Waals surface area (Å²) in [6.45, 7) is 6.11. The molecule has 1 fully saturated rings.